The first kappa shape index (κ1) is 19.4. The highest BCUT2D eigenvalue weighted by molar-refractivity contribution is 6.13. The van der Waals surface area contributed by atoms with Gasteiger partial charge in [-0.25, -0.2) is 9.67 Å². The standard InChI is InChI=1S/C26H21N5O2/c1-16-24-21(26(32)28-19-11-9-18(10-12-19)23-13-14-27-33-23)15-22(17-7-8-17)29-25(24)31(30-16)20-5-3-2-4-6-20/h2-6,9-15,17H,7-8H2,1H3,(H,28,32). The van der Waals surface area contributed by atoms with Crippen LogP contribution in [0.2, 0.25) is 0 Å². The first-order chi connectivity index (χ1) is 16.2. The third kappa shape index (κ3) is 3.57. The van der Waals surface area contributed by atoms with Crippen LogP contribution in [0.4, 0.5) is 5.69 Å². The Morgan fingerprint density at radius 1 is 1.06 bits per heavy atom. The molecule has 5 aromatic rings. The van der Waals surface area contributed by atoms with Gasteiger partial charge < -0.3 is 9.84 Å². The second-order valence-electron chi connectivity index (χ2n) is 8.31. The average molecular weight is 435 g/mol. The van der Waals surface area contributed by atoms with Crippen LogP contribution in [-0.2, 0) is 0 Å². The Morgan fingerprint density at radius 3 is 2.55 bits per heavy atom. The fraction of sp³-hybridized carbons (Fsp3) is 0.154. The molecular weight excluding hydrogens is 414 g/mol. The topological polar surface area (TPSA) is 85.8 Å². The predicted octanol–water partition coefficient (Wildman–Crippen LogP) is 5.51. The lowest BCUT2D eigenvalue weighted by molar-refractivity contribution is 0.102. The van der Waals surface area contributed by atoms with Gasteiger partial charge in [0.2, 0.25) is 0 Å². The van der Waals surface area contributed by atoms with Gasteiger partial charge in [-0.2, -0.15) is 5.10 Å². The average Bonchev–Trinajstić information content (AvgIpc) is 3.45. The monoisotopic (exact) mass is 435 g/mol. The molecule has 1 aliphatic carbocycles. The molecule has 0 atom stereocenters. The number of carbonyl (C=O) groups excluding carboxylic acids is 1. The molecule has 1 aliphatic rings. The number of hydrogen-bond donors (Lipinski definition) is 1. The highest BCUT2D eigenvalue weighted by atomic mass is 16.5. The van der Waals surface area contributed by atoms with Crippen LogP contribution >= 0.6 is 0 Å². The Bertz CT molecular complexity index is 1450. The van der Waals surface area contributed by atoms with Crippen molar-refractivity contribution in [2.45, 2.75) is 25.7 Å². The van der Waals surface area contributed by atoms with Gasteiger partial charge >= 0.3 is 0 Å². The van der Waals surface area contributed by atoms with Crippen molar-refractivity contribution in [3.05, 3.63) is 89.9 Å². The number of para-hydroxylation sites is 1. The van der Waals surface area contributed by atoms with Crippen molar-refractivity contribution in [1.29, 1.82) is 0 Å². The van der Waals surface area contributed by atoms with E-state index in [2.05, 4.69) is 10.5 Å². The summed E-state index contributed by atoms with van der Waals surface area (Å²) in [6, 6.07) is 21.1. The number of rotatable bonds is 5. The van der Waals surface area contributed by atoms with Crippen molar-refractivity contribution < 1.29 is 9.32 Å². The molecule has 162 valence electrons. The predicted molar refractivity (Wildman–Crippen MR) is 125 cm³/mol. The third-order valence-electron chi connectivity index (χ3n) is 5.94. The summed E-state index contributed by atoms with van der Waals surface area (Å²) in [5.41, 5.74) is 5.56. The van der Waals surface area contributed by atoms with E-state index in [0.717, 1.165) is 40.9 Å². The lowest BCUT2D eigenvalue weighted by atomic mass is 10.1. The molecule has 7 heteroatoms. The number of pyridine rings is 1. The highest BCUT2D eigenvalue weighted by Crippen LogP contribution is 2.41. The second kappa shape index (κ2) is 7.70. The van der Waals surface area contributed by atoms with Gasteiger partial charge in [0.1, 0.15) is 0 Å². The molecule has 0 bridgehead atoms. The van der Waals surface area contributed by atoms with E-state index in [4.69, 9.17) is 14.6 Å². The molecule has 1 saturated carbocycles. The molecule has 0 saturated heterocycles. The van der Waals surface area contributed by atoms with Crippen molar-refractivity contribution >= 4 is 22.6 Å². The maximum atomic E-state index is 13.4. The Hall–Kier alpha value is -4.26. The van der Waals surface area contributed by atoms with Crippen LogP contribution in [0.25, 0.3) is 28.0 Å². The Balaban J connectivity index is 1.40. The summed E-state index contributed by atoms with van der Waals surface area (Å²) in [5, 5.41) is 12.3. The molecule has 0 spiro atoms. The molecule has 3 heterocycles. The largest absolute Gasteiger partial charge is 0.356 e. The Morgan fingerprint density at radius 2 is 1.85 bits per heavy atom. The van der Waals surface area contributed by atoms with E-state index in [1.165, 1.54) is 0 Å². The van der Waals surface area contributed by atoms with Crippen LogP contribution < -0.4 is 5.32 Å². The number of carbonyl (C=O) groups is 1. The van der Waals surface area contributed by atoms with Gasteiger partial charge in [-0.15, -0.1) is 0 Å². The van der Waals surface area contributed by atoms with E-state index in [1.54, 1.807) is 12.3 Å². The number of nitrogens with one attached hydrogen (secondary N) is 1. The fourth-order valence-corrected chi connectivity index (χ4v) is 4.11. The van der Waals surface area contributed by atoms with Gasteiger partial charge in [0, 0.05) is 28.9 Å². The second-order valence-corrected chi connectivity index (χ2v) is 8.31. The van der Waals surface area contributed by atoms with Gasteiger partial charge in [0.25, 0.3) is 5.91 Å². The number of benzene rings is 2. The maximum Gasteiger partial charge on any atom is 0.256 e. The number of amides is 1. The molecule has 0 aliphatic heterocycles. The quantitative estimate of drug-likeness (QED) is 0.393. The first-order valence-corrected chi connectivity index (χ1v) is 11.0. The number of fused-ring (bicyclic) bond motifs is 1. The minimum absolute atomic E-state index is 0.174. The molecule has 33 heavy (non-hydrogen) atoms. The van der Waals surface area contributed by atoms with Crippen molar-refractivity contribution in [3.63, 3.8) is 0 Å². The van der Waals surface area contributed by atoms with Crippen molar-refractivity contribution in [3.8, 4) is 17.0 Å². The Labute approximate surface area is 190 Å². The SMILES string of the molecule is Cc1nn(-c2ccccc2)c2nc(C3CC3)cc(C(=O)Nc3ccc(-c4ccno4)cc3)c12. The third-order valence-corrected chi connectivity index (χ3v) is 5.94. The van der Waals surface area contributed by atoms with Crippen molar-refractivity contribution in [2.24, 2.45) is 0 Å². The number of anilines is 1. The van der Waals surface area contributed by atoms with Crippen LogP contribution in [0, 0.1) is 6.92 Å². The smallest absolute Gasteiger partial charge is 0.256 e. The zero-order chi connectivity index (χ0) is 22.4. The molecular formula is C26H21N5O2. The molecule has 2 aromatic carbocycles. The summed E-state index contributed by atoms with van der Waals surface area (Å²) in [5.74, 6) is 0.913. The first-order valence-electron chi connectivity index (χ1n) is 11.0. The van der Waals surface area contributed by atoms with Gasteiger partial charge in [0.05, 0.1) is 28.5 Å². The summed E-state index contributed by atoms with van der Waals surface area (Å²) < 4.78 is 7.03. The van der Waals surface area contributed by atoms with Crippen molar-refractivity contribution in [1.82, 2.24) is 19.9 Å². The van der Waals surface area contributed by atoms with Crippen molar-refractivity contribution in [2.75, 3.05) is 5.32 Å². The summed E-state index contributed by atoms with van der Waals surface area (Å²) >= 11 is 0. The van der Waals surface area contributed by atoms with Crippen LogP contribution in [0.1, 0.15) is 40.5 Å². The fourth-order valence-electron chi connectivity index (χ4n) is 4.11. The van der Waals surface area contributed by atoms with Crippen LogP contribution in [-0.4, -0.2) is 25.8 Å². The molecule has 0 radical (unpaired) electrons. The number of nitrogens with zero attached hydrogens (tertiary/aromatic N) is 4. The maximum absolute atomic E-state index is 13.4. The lowest BCUT2D eigenvalue weighted by Gasteiger charge is -2.10. The normalized spacial score (nSPS) is 13.4. The van der Waals surface area contributed by atoms with E-state index in [1.807, 2.05) is 72.3 Å². The van der Waals surface area contributed by atoms with E-state index in [9.17, 15) is 4.79 Å². The molecule has 3 aromatic heterocycles. The van der Waals surface area contributed by atoms with Gasteiger partial charge in [-0.05, 0) is 62.2 Å². The van der Waals surface area contributed by atoms with E-state index in [-0.39, 0.29) is 5.91 Å². The summed E-state index contributed by atoms with van der Waals surface area (Å²) in [7, 11) is 0. The molecule has 1 N–H and O–H groups in total. The lowest BCUT2D eigenvalue weighted by Crippen LogP contribution is -2.13. The van der Waals surface area contributed by atoms with Crippen LogP contribution in [0.3, 0.4) is 0 Å². The Kier molecular flexibility index (Phi) is 4.54. The summed E-state index contributed by atoms with van der Waals surface area (Å²) in [6.45, 7) is 1.92. The van der Waals surface area contributed by atoms with Crippen LogP contribution in [0.5, 0.6) is 0 Å². The van der Waals surface area contributed by atoms with Crippen LogP contribution in [0.15, 0.2) is 77.4 Å². The number of aromatic nitrogens is 4. The molecule has 6 rings (SSSR count). The number of aryl methyl sites for hydroxylation is 1. The minimum Gasteiger partial charge on any atom is -0.356 e. The molecule has 1 amide bonds. The summed E-state index contributed by atoms with van der Waals surface area (Å²) in [4.78, 5) is 18.4. The number of hydrogen-bond acceptors (Lipinski definition) is 5. The van der Waals surface area contributed by atoms with E-state index in [0.29, 0.717) is 28.6 Å². The highest BCUT2D eigenvalue weighted by Gasteiger charge is 2.29. The van der Waals surface area contributed by atoms with Gasteiger partial charge in [-0.3, -0.25) is 4.79 Å². The molecule has 0 unspecified atom stereocenters. The van der Waals surface area contributed by atoms with E-state index < -0.39 is 0 Å². The van der Waals surface area contributed by atoms with Gasteiger partial charge in [-0.1, -0.05) is 23.4 Å². The minimum atomic E-state index is -0.174. The molecule has 1 fully saturated rings. The zero-order valence-corrected chi connectivity index (χ0v) is 18.0. The zero-order valence-electron chi connectivity index (χ0n) is 18.0. The molecule has 7 nitrogen and oxygen atoms in total. The summed E-state index contributed by atoms with van der Waals surface area (Å²) in [6.07, 6.45) is 3.80. The van der Waals surface area contributed by atoms with E-state index >= 15 is 0 Å². The van der Waals surface area contributed by atoms with Gasteiger partial charge in [0.15, 0.2) is 11.4 Å².